The molecule has 152 valence electrons. The van der Waals surface area contributed by atoms with E-state index in [0.717, 1.165) is 33.8 Å². The van der Waals surface area contributed by atoms with Gasteiger partial charge in [0.2, 0.25) is 0 Å². The molecule has 0 saturated heterocycles. The summed E-state index contributed by atoms with van der Waals surface area (Å²) in [7, 11) is 0. The van der Waals surface area contributed by atoms with E-state index in [4.69, 9.17) is 0 Å². The Labute approximate surface area is 181 Å². The first-order valence-corrected chi connectivity index (χ1v) is 12.9. The number of hydrogen-bond acceptors (Lipinski definition) is 4. The van der Waals surface area contributed by atoms with Gasteiger partial charge in [0, 0.05) is 0 Å². The quantitative estimate of drug-likeness (QED) is 0.404. The normalized spacial score (nSPS) is 12.9. The van der Waals surface area contributed by atoms with Crippen molar-refractivity contribution in [3.8, 4) is 22.5 Å². The van der Waals surface area contributed by atoms with Crippen molar-refractivity contribution in [2.45, 2.75) is 32.9 Å². The summed E-state index contributed by atoms with van der Waals surface area (Å²) in [6.07, 6.45) is 0.453. The van der Waals surface area contributed by atoms with Crippen LogP contribution in [0.15, 0.2) is 48.5 Å². The Morgan fingerprint density at radius 3 is 2.62 bits per heavy atom. The van der Waals surface area contributed by atoms with E-state index in [0.29, 0.717) is 25.6 Å². The fourth-order valence-electron chi connectivity index (χ4n) is 3.67. The van der Waals surface area contributed by atoms with Crippen LogP contribution in [-0.2, 0) is 11.3 Å². The number of amides is 1. The van der Waals surface area contributed by atoms with Gasteiger partial charge in [0.25, 0.3) is 0 Å². The van der Waals surface area contributed by atoms with Crippen molar-refractivity contribution < 1.29 is 26.3 Å². The number of fused-ring (bicyclic) bond motifs is 5. The van der Waals surface area contributed by atoms with Gasteiger partial charge in [-0.1, -0.05) is 0 Å². The van der Waals surface area contributed by atoms with Crippen molar-refractivity contribution in [1.82, 2.24) is 18.5 Å². The van der Waals surface area contributed by atoms with Gasteiger partial charge in [0.1, 0.15) is 0 Å². The second kappa shape index (κ2) is 8.62. The summed E-state index contributed by atoms with van der Waals surface area (Å²) in [6, 6.07) is 16.7. The molecular formula is C22H25IN5O-. The number of anilines is 1. The van der Waals surface area contributed by atoms with Crippen LogP contribution in [-0.4, -0.2) is 36.6 Å². The molecule has 1 aliphatic rings. The van der Waals surface area contributed by atoms with Crippen LogP contribution in [0, 0.1) is 0 Å². The number of benzene rings is 2. The number of nitrogens with one attached hydrogen (secondary N) is 1. The first kappa shape index (κ1) is 20.0. The average molecular weight is 502 g/mol. The third kappa shape index (κ3) is 3.93. The van der Waals surface area contributed by atoms with E-state index >= 15 is 0 Å². The molecule has 1 aliphatic heterocycles. The number of halogens is 1. The zero-order valence-corrected chi connectivity index (χ0v) is 19.1. The number of para-hydroxylation sites is 1. The van der Waals surface area contributed by atoms with Crippen molar-refractivity contribution in [3.05, 3.63) is 54.1 Å². The molecule has 0 unspecified atom stereocenters. The molecule has 0 spiro atoms. The monoisotopic (exact) mass is 502 g/mol. The van der Waals surface area contributed by atoms with E-state index in [1.54, 1.807) is 0 Å². The molecule has 1 N–H and O–H groups in total. The van der Waals surface area contributed by atoms with Gasteiger partial charge in [-0.25, -0.2) is 0 Å². The van der Waals surface area contributed by atoms with Crippen molar-refractivity contribution in [3.63, 3.8) is 0 Å². The molecule has 1 aromatic heterocycles. The van der Waals surface area contributed by atoms with Gasteiger partial charge >= 0.3 is 182 Å². The Balaban J connectivity index is 1.84. The van der Waals surface area contributed by atoms with E-state index in [1.807, 2.05) is 44.2 Å². The molecule has 2 aromatic carbocycles. The molecule has 4 rings (SSSR count). The second-order valence-electron chi connectivity index (χ2n) is 7.33. The van der Waals surface area contributed by atoms with Crippen LogP contribution in [0.5, 0.6) is 0 Å². The number of aromatic nitrogens is 3. The summed E-state index contributed by atoms with van der Waals surface area (Å²) < 4.78 is 2.05. The van der Waals surface area contributed by atoms with Crippen LogP contribution < -0.4 is 31.7 Å². The molecule has 0 fully saturated rings. The number of carbonyl (C=O) groups excluding carboxylic acids is 1. The Bertz CT molecular complexity index is 1030. The first-order chi connectivity index (χ1) is 14.1. The predicted octanol–water partition coefficient (Wildman–Crippen LogP) is 0.329. The zero-order chi connectivity index (χ0) is 20.4. The van der Waals surface area contributed by atoms with Crippen LogP contribution >= 0.6 is 0 Å². The van der Waals surface area contributed by atoms with Gasteiger partial charge in [-0.2, -0.15) is 0 Å². The van der Waals surface area contributed by atoms with Gasteiger partial charge in [-0.05, 0) is 0 Å². The van der Waals surface area contributed by atoms with Crippen LogP contribution in [0.4, 0.5) is 5.69 Å². The Hall–Kier alpha value is -2.26. The average Bonchev–Trinajstić information content (AvgIpc) is 3.14. The fraction of sp³-hybridized carbons (Fsp3) is 0.318. The second-order valence-corrected chi connectivity index (χ2v) is 9.21. The third-order valence-corrected chi connectivity index (χ3v) is 6.62. The van der Waals surface area contributed by atoms with Gasteiger partial charge in [-0.15, -0.1) is 0 Å². The Morgan fingerprint density at radius 1 is 1.14 bits per heavy atom. The summed E-state index contributed by atoms with van der Waals surface area (Å²) in [5.74, 6) is 0.110. The molecule has 0 bridgehead atoms. The van der Waals surface area contributed by atoms with Crippen molar-refractivity contribution >= 4 is 11.6 Å². The SMILES string of the molecule is C[I-]n1nnc2c1-c1ccccc1CN(C(=O)CCNC(C)C)c1ccccc1-2. The number of rotatable bonds is 5. The van der Waals surface area contributed by atoms with Crippen LogP contribution in [0.3, 0.4) is 0 Å². The molecule has 2 heterocycles. The summed E-state index contributed by atoms with van der Waals surface area (Å²) in [5.41, 5.74) is 6.02. The van der Waals surface area contributed by atoms with E-state index in [2.05, 4.69) is 46.5 Å². The molecule has 0 atom stereocenters. The van der Waals surface area contributed by atoms with E-state index in [9.17, 15) is 4.79 Å². The van der Waals surface area contributed by atoms with Crippen molar-refractivity contribution in [2.24, 2.45) is 0 Å². The number of carbonyl (C=O) groups is 1. The zero-order valence-electron chi connectivity index (χ0n) is 16.9. The number of hydrogen-bond donors (Lipinski definition) is 1. The first-order valence-electron chi connectivity index (χ1n) is 9.77. The molecule has 0 radical (unpaired) electrons. The van der Waals surface area contributed by atoms with Crippen molar-refractivity contribution in [1.29, 1.82) is 0 Å². The number of nitrogens with zero attached hydrogens (tertiary/aromatic N) is 4. The molecular weight excluding hydrogens is 477 g/mol. The molecule has 0 aliphatic carbocycles. The predicted molar refractivity (Wildman–Crippen MR) is 111 cm³/mol. The Morgan fingerprint density at radius 2 is 1.86 bits per heavy atom. The summed E-state index contributed by atoms with van der Waals surface area (Å²) >= 11 is -0.293. The topological polar surface area (TPSA) is 63.1 Å². The minimum atomic E-state index is -0.293. The van der Waals surface area contributed by atoms with Gasteiger partial charge in [-0.3, -0.25) is 0 Å². The number of alkyl halides is 1. The van der Waals surface area contributed by atoms with E-state index in [-0.39, 0.29) is 27.4 Å². The van der Waals surface area contributed by atoms with Crippen LogP contribution in [0.1, 0.15) is 25.8 Å². The Kier molecular flexibility index (Phi) is 5.96. The minimum absolute atomic E-state index is 0.110. The van der Waals surface area contributed by atoms with Gasteiger partial charge in [0.05, 0.1) is 0 Å². The molecule has 29 heavy (non-hydrogen) atoms. The summed E-state index contributed by atoms with van der Waals surface area (Å²) in [5, 5.41) is 12.3. The fourth-order valence-corrected chi connectivity index (χ4v) is 4.93. The summed E-state index contributed by atoms with van der Waals surface area (Å²) in [4.78, 5) is 17.3. The molecule has 1 amide bonds. The molecule has 3 aromatic rings. The van der Waals surface area contributed by atoms with Crippen LogP contribution in [0.2, 0.25) is 0 Å². The van der Waals surface area contributed by atoms with Gasteiger partial charge < -0.3 is 0 Å². The van der Waals surface area contributed by atoms with Crippen LogP contribution in [0.25, 0.3) is 22.5 Å². The van der Waals surface area contributed by atoms with Crippen molar-refractivity contribution in [2.75, 3.05) is 16.4 Å². The molecule has 7 heteroatoms. The molecule has 6 nitrogen and oxygen atoms in total. The van der Waals surface area contributed by atoms with E-state index in [1.165, 1.54) is 0 Å². The van der Waals surface area contributed by atoms with E-state index < -0.39 is 0 Å². The third-order valence-electron chi connectivity index (χ3n) is 5.04. The standard InChI is InChI=1S/C22H25IN5O/c1-15(2)24-13-12-20(29)27-14-16-8-4-5-9-17(16)22-21(25-26-28(22)23-3)18-10-6-7-11-19(18)27/h4-11,15,24H,12-14H2,1-3H3/q-1. The molecule has 0 saturated carbocycles. The maximum atomic E-state index is 13.2. The summed E-state index contributed by atoms with van der Waals surface area (Å²) in [6.45, 7) is 5.39. The maximum absolute atomic E-state index is 13.2. The van der Waals surface area contributed by atoms with Gasteiger partial charge in [0.15, 0.2) is 0 Å².